The highest BCUT2D eigenvalue weighted by Crippen LogP contribution is 2.20. The van der Waals surface area contributed by atoms with Gasteiger partial charge in [-0.1, -0.05) is 20.8 Å². The van der Waals surface area contributed by atoms with Crippen molar-refractivity contribution in [3.05, 3.63) is 17.8 Å². The Labute approximate surface area is 97.9 Å². The van der Waals surface area contributed by atoms with E-state index in [0.717, 1.165) is 11.5 Å². The van der Waals surface area contributed by atoms with Gasteiger partial charge in [0.25, 0.3) is 0 Å². The second-order valence-corrected chi connectivity index (χ2v) is 5.22. The van der Waals surface area contributed by atoms with Gasteiger partial charge in [0.15, 0.2) is 5.82 Å². The van der Waals surface area contributed by atoms with E-state index in [2.05, 4.69) is 37.9 Å². The van der Waals surface area contributed by atoms with Gasteiger partial charge in [0.2, 0.25) is 0 Å². The third kappa shape index (κ3) is 2.92. The van der Waals surface area contributed by atoms with E-state index in [-0.39, 0.29) is 11.5 Å². The summed E-state index contributed by atoms with van der Waals surface area (Å²) in [5, 5.41) is 8.49. The molecule has 90 valence electrons. The summed E-state index contributed by atoms with van der Waals surface area (Å²) in [4.78, 5) is 2.04. The van der Waals surface area contributed by atoms with Crippen LogP contribution >= 0.6 is 0 Å². The topological polar surface area (TPSA) is 55.0 Å². The van der Waals surface area contributed by atoms with Gasteiger partial charge in [0.1, 0.15) is 0 Å². The van der Waals surface area contributed by atoms with Gasteiger partial charge in [-0.15, -0.1) is 5.10 Å². The smallest absolute Gasteiger partial charge is 0.151 e. The summed E-state index contributed by atoms with van der Waals surface area (Å²) in [6.45, 7) is 9.06. The quantitative estimate of drug-likeness (QED) is 0.843. The molecular weight excluding hydrogens is 200 g/mol. The molecule has 0 aromatic carbocycles. The molecule has 0 radical (unpaired) electrons. The Morgan fingerprint density at radius 3 is 2.31 bits per heavy atom. The van der Waals surface area contributed by atoms with Gasteiger partial charge in [-0.25, -0.2) is 0 Å². The molecule has 0 aliphatic carbocycles. The van der Waals surface area contributed by atoms with E-state index < -0.39 is 0 Å². The van der Waals surface area contributed by atoms with Crippen molar-refractivity contribution in [1.82, 2.24) is 10.2 Å². The monoisotopic (exact) mass is 222 g/mol. The van der Waals surface area contributed by atoms with Crippen molar-refractivity contribution in [2.75, 3.05) is 18.5 Å². The van der Waals surface area contributed by atoms with E-state index in [1.807, 2.05) is 24.1 Å². The van der Waals surface area contributed by atoms with Crippen molar-refractivity contribution in [2.24, 2.45) is 5.73 Å². The highest BCUT2D eigenvalue weighted by molar-refractivity contribution is 5.38. The normalized spacial score (nSPS) is 13.6. The number of anilines is 1. The predicted molar refractivity (Wildman–Crippen MR) is 67.7 cm³/mol. The van der Waals surface area contributed by atoms with E-state index in [4.69, 9.17) is 5.73 Å². The molecule has 1 unspecified atom stereocenters. The zero-order valence-corrected chi connectivity index (χ0v) is 10.9. The van der Waals surface area contributed by atoms with Crippen LogP contribution in [0.5, 0.6) is 0 Å². The molecule has 1 heterocycles. The van der Waals surface area contributed by atoms with Crippen molar-refractivity contribution < 1.29 is 0 Å². The Balaban J connectivity index is 2.87. The number of rotatable bonds is 3. The van der Waals surface area contributed by atoms with E-state index >= 15 is 0 Å². The lowest BCUT2D eigenvalue weighted by Crippen LogP contribution is -2.36. The number of likely N-dealkylation sites (N-methyl/N-ethyl adjacent to an activating group) is 1. The van der Waals surface area contributed by atoms with Crippen LogP contribution in [-0.2, 0) is 5.41 Å². The van der Waals surface area contributed by atoms with Gasteiger partial charge in [0, 0.05) is 25.0 Å². The molecule has 1 atom stereocenters. The zero-order valence-electron chi connectivity index (χ0n) is 10.9. The van der Waals surface area contributed by atoms with Gasteiger partial charge in [-0.2, -0.15) is 5.10 Å². The van der Waals surface area contributed by atoms with Crippen LogP contribution in [0, 0.1) is 0 Å². The first-order valence-corrected chi connectivity index (χ1v) is 5.63. The van der Waals surface area contributed by atoms with E-state index in [1.54, 1.807) is 0 Å². The number of hydrogen-bond donors (Lipinski definition) is 1. The molecule has 0 aliphatic rings. The first-order valence-electron chi connectivity index (χ1n) is 5.63. The van der Waals surface area contributed by atoms with Crippen LogP contribution in [-0.4, -0.2) is 29.8 Å². The third-order valence-electron chi connectivity index (χ3n) is 2.78. The first kappa shape index (κ1) is 12.9. The molecule has 0 aliphatic heterocycles. The third-order valence-corrected chi connectivity index (χ3v) is 2.78. The molecule has 0 saturated carbocycles. The highest BCUT2D eigenvalue weighted by Gasteiger charge is 2.17. The number of hydrogen-bond acceptors (Lipinski definition) is 4. The van der Waals surface area contributed by atoms with Crippen LogP contribution in [0.15, 0.2) is 12.1 Å². The molecular formula is C12H22N4. The molecule has 0 bridgehead atoms. The Hall–Kier alpha value is -1.16. The number of nitrogens with two attached hydrogens (primary N) is 1. The summed E-state index contributed by atoms with van der Waals surface area (Å²) >= 11 is 0. The van der Waals surface area contributed by atoms with Crippen molar-refractivity contribution in [3.8, 4) is 0 Å². The minimum Gasteiger partial charge on any atom is -0.354 e. The molecule has 16 heavy (non-hydrogen) atoms. The van der Waals surface area contributed by atoms with Crippen LogP contribution in [0.3, 0.4) is 0 Å². The van der Waals surface area contributed by atoms with Crippen molar-refractivity contribution in [1.29, 1.82) is 0 Å². The molecule has 0 saturated heterocycles. The Morgan fingerprint density at radius 1 is 1.31 bits per heavy atom. The largest absolute Gasteiger partial charge is 0.354 e. The predicted octanol–water partition coefficient (Wildman–Crippen LogP) is 1.56. The van der Waals surface area contributed by atoms with Crippen molar-refractivity contribution >= 4 is 5.82 Å². The summed E-state index contributed by atoms with van der Waals surface area (Å²) in [6, 6.07) is 4.30. The summed E-state index contributed by atoms with van der Waals surface area (Å²) in [5.74, 6) is 0.867. The molecule has 1 rings (SSSR count). The first-order chi connectivity index (χ1) is 7.36. The molecule has 4 heteroatoms. The molecule has 1 aromatic rings. The second-order valence-electron chi connectivity index (χ2n) is 5.22. The summed E-state index contributed by atoms with van der Waals surface area (Å²) < 4.78 is 0. The van der Waals surface area contributed by atoms with Crippen LogP contribution in [0.2, 0.25) is 0 Å². The minimum atomic E-state index is 0.0452. The maximum atomic E-state index is 5.62. The van der Waals surface area contributed by atoms with Gasteiger partial charge in [-0.3, -0.25) is 0 Å². The lowest BCUT2D eigenvalue weighted by atomic mass is 9.92. The highest BCUT2D eigenvalue weighted by atomic mass is 15.3. The molecule has 1 aromatic heterocycles. The van der Waals surface area contributed by atoms with Gasteiger partial charge in [-0.05, 0) is 19.1 Å². The lowest BCUT2D eigenvalue weighted by molar-refractivity contribution is 0.557. The van der Waals surface area contributed by atoms with Crippen molar-refractivity contribution in [3.63, 3.8) is 0 Å². The maximum absolute atomic E-state index is 5.62. The van der Waals surface area contributed by atoms with Gasteiger partial charge >= 0.3 is 0 Å². The van der Waals surface area contributed by atoms with E-state index in [1.165, 1.54) is 0 Å². The Bertz CT molecular complexity index is 326. The van der Waals surface area contributed by atoms with Gasteiger partial charge < -0.3 is 10.6 Å². The molecule has 0 amide bonds. The average Bonchev–Trinajstić information content (AvgIpc) is 2.26. The fraction of sp³-hybridized carbons (Fsp3) is 0.667. The summed E-state index contributed by atoms with van der Waals surface area (Å²) in [7, 11) is 1.98. The van der Waals surface area contributed by atoms with E-state index in [9.17, 15) is 0 Å². The minimum absolute atomic E-state index is 0.0452. The van der Waals surface area contributed by atoms with Gasteiger partial charge in [0.05, 0.1) is 5.69 Å². The van der Waals surface area contributed by atoms with Crippen LogP contribution < -0.4 is 10.6 Å². The fourth-order valence-electron chi connectivity index (χ4n) is 1.30. The van der Waals surface area contributed by atoms with Crippen LogP contribution in [0.1, 0.15) is 33.4 Å². The standard InChI is InChI=1S/C12H22N4/c1-9(8-13)16(5)11-7-6-10(14-15-11)12(2,3)4/h6-7,9H,8,13H2,1-5H3. The van der Waals surface area contributed by atoms with Crippen LogP contribution in [0.4, 0.5) is 5.82 Å². The zero-order chi connectivity index (χ0) is 12.3. The fourth-order valence-corrected chi connectivity index (χ4v) is 1.30. The Kier molecular flexibility index (Phi) is 3.86. The number of aromatic nitrogens is 2. The number of nitrogens with zero attached hydrogens (tertiary/aromatic N) is 3. The molecule has 2 N–H and O–H groups in total. The SMILES string of the molecule is CC(CN)N(C)c1ccc(C(C)(C)C)nn1. The van der Waals surface area contributed by atoms with E-state index in [0.29, 0.717) is 6.54 Å². The second kappa shape index (κ2) is 4.78. The van der Waals surface area contributed by atoms with Crippen molar-refractivity contribution in [2.45, 2.75) is 39.2 Å². The maximum Gasteiger partial charge on any atom is 0.151 e. The molecule has 0 fully saturated rings. The molecule has 0 spiro atoms. The van der Waals surface area contributed by atoms with Crippen LogP contribution in [0.25, 0.3) is 0 Å². The summed E-state index contributed by atoms with van der Waals surface area (Å²) in [5.41, 5.74) is 6.67. The average molecular weight is 222 g/mol. The lowest BCUT2D eigenvalue weighted by Gasteiger charge is -2.25. The molecule has 4 nitrogen and oxygen atoms in total. The Morgan fingerprint density at radius 2 is 1.94 bits per heavy atom. The summed E-state index contributed by atoms with van der Waals surface area (Å²) in [6.07, 6.45) is 0.